The molecule has 0 fully saturated rings. The summed E-state index contributed by atoms with van der Waals surface area (Å²) in [6, 6.07) is 3.26. The Bertz CT molecular complexity index is 456. The minimum atomic E-state index is -1.02. The number of hydrogen-bond acceptors (Lipinski definition) is 2. The molecule has 0 atom stereocenters. The maximum atomic E-state index is 11.0. The van der Waals surface area contributed by atoms with E-state index in [0.717, 1.165) is 11.1 Å². The molecule has 0 bridgehead atoms. The first-order valence-corrected chi connectivity index (χ1v) is 5.23. The fourth-order valence-electron chi connectivity index (χ4n) is 1.29. The Morgan fingerprint density at radius 3 is 2.62 bits per heavy atom. The Morgan fingerprint density at radius 2 is 2.12 bits per heavy atom. The van der Waals surface area contributed by atoms with Gasteiger partial charge in [-0.25, -0.2) is 9.79 Å². The van der Waals surface area contributed by atoms with Crippen molar-refractivity contribution in [3.8, 4) is 0 Å². The number of aryl methyl sites for hydroxylation is 1. The highest BCUT2D eigenvalue weighted by atomic mass is 35.5. The first-order valence-electron chi connectivity index (χ1n) is 4.70. The zero-order valence-electron chi connectivity index (χ0n) is 9.12. The molecule has 16 heavy (non-hydrogen) atoms. The standard InChI is InChI=1S/C11H13ClN2O2/c1-6-3-4-8(11(15)16)10(7(6)2)14-9(13)5-12/h3-4H,5H2,1-2H3,(H2,13,14)(H,15,16). The number of nitrogens with two attached hydrogens (primary N) is 1. The summed E-state index contributed by atoms with van der Waals surface area (Å²) in [5, 5.41) is 9.02. The zero-order chi connectivity index (χ0) is 12.3. The van der Waals surface area contributed by atoms with E-state index < -0.39 is 5.97 Å². The predicted molar refractivity (Wildman–Crippen MR) is 64.9 cm³/mol. The summed E-state index contributed by atoms with van der Waals surface area (Å²) in [6.45, 7) is 3.69. The summed E-state index contributed by atoms with van der Waals surface area (Å²) >= 11 is 5.52. The molecule has 4 nitrogen and oxygen atoms in total. The quantitative estimate of drug-likeness (QED) is 0.483. The summed E-state index contributed by atoms with van der Waals surface area (Å²) in [4.78, 5) is 15.1. The van der Waals surface area contributed by atoms with Gasteiger partial charge in [-0.05, 0) is 31.0 Å². The van der Waals surface area contributed by atoms with Gasteiger partial charge in [0.1, 0.15) is 5.84 Å². The molecule has 86 valence electrons. The highest BCUT2D eigenvalue weighted by Crippen LogP contribution is 2.26. The Labute approximate surface area is 98.8 Å². The van der Waals surface area contributed by atoms with Crippen LogP contribution in [-0.4, -0.2) is 22.8 Å². The number of carboxylic acid groups (broad SMARTS) is 1. The molecule has 0 aromatic heterocycles. The third-order valence-corrected chi connectivity index (χ3v) is 2.60. The number of nitrogens with zero attached hydrogens (tertiary/aromatic N) is 1. The van der Waals surface area contributed by atoms with Crippen LogP contribution in [0, 0.1) is 13.8 Å². The van der Waals surface area contributed by atoms with Crippen LogP contribution in [0.15, 0.2) is 17.1 Å². The van der Waals surface area contributed by atoms with Gasteiger partial charge in [0.2, 0.25) is 0 Å². The second-order valence-electron chi connectivity index (χ2n) is 3.45. The van der Waals surface area contributed by atoms with Crippen molar-refractivity contribution in [3.63, 3.8) is 0 Å². The van der Waals surface area contributed by atoms with Gasteiger partial charge < -0.3 is 10.8 Å². The fourth-order valence-corrected chi connectivity index (χ4v) is 1.35. The molecule has 3 N–H and O–H groups in total. The maximum Gasteiger partial charge on any atom is 0.337 e. The summed E-state index contributed by atoms with van der Waals surface area (Å²) < 4.78 is 0. The number of alkyl halides is 1. The third-order valence-electron chi connectivity index (χ3n) is 2.32. The van der Waals surface area contributed by atoms with E-state index in [-0.39, 0.29) is 17.3 Å². The van der Waals surface area contributed by atoms with Crippen LogP contribution < -0.4 is 5.73 Å². The number of amidine groups is 1. The summed E-state index contributed by atoms with van der Waals surface area (Å²) in [5.41, 5.74) is 7.80. The lowest BCUT2D eigenvalue weighted by Crippen LogP contribution is -2.13. The molecular formula is C11H13ClN2O2. The molecule has 0 aliphatic carbocycles. The van der Waals surface area contributed by atoms with Gasteiger partial charge in [-0.1, -0.05) is 6.07 Å². The van der Waals surface area contributed by atoms with E-state index in [9.17, 15) is 4.79 Å². The Kier molecular flexibility index (Phi) is 3.90. The molecule has 0 aliphatic rings. The number of aromatic carboxylic acids is 1. The first kappa shape index (κ1) is 12.5. The molecule has 0 saturated heterocycles. The molecule has 5 heteroatoms. The SMILES string of the molecule is Cc1ccc(C(=O)O)c(N=C(N)CCl)c1C. The lowest BCUT2D eigenvalue weighted by Gasteiger charge is -2.08. The van der Waals surface area contributed by atoms with E-state index in [0.29, 0.717) is 5.69 Å². The van der Waals surface area contributed by atoms with Crippen LogP contribution in [0.5, 0.6) is 0 Å². The Morgan fingerprint density at radius 1 is 1.50 bits per heavy atom. The molecule has 1 aromatic carbocycles. The molecule has 0 radical (unpaired) electrons. The number of aliphatic imine (C=N–C) groups is 1. The number of benzene rings is 1. The van der Waals surface area contributed by atoms with Crippen molar-refractivity contribution in [1.82, 2.24) is 0 Å². The normalized spacial score (nSPS) is 11.6. The lowest BCUT2D eigenvalue weighted by atomic mass is 10.0. The second-order valence-corrected chi connectivity index (χ2v) is 3.71. The summed E-state index contributed by atoms with van der Waals surface area (Å²) in [5.74, 6) is -0.742. The van der Waals surface area contributed by atoms with Gasteiger partial charge in [-0.15, -0.1) is 11.6 Å². The Hall–Kier alpha value is -1.55. The van der Waals surface area contributed by atoms with Crippen molar-refractivity contribution in [2.24, 2.45) is 10.7 Å². The molecule has 0 amide bonds. The van der Waals surface area contributed by atoms with E-state index >= 15 is 0 Å². The van der Waals surface area contributed by atoms with Crippen LogP contribution >= 0.6 is 11.6 Å². The Balaban J connectivity index is 3.43. The van der Waals surface area contributed by atoms with Crippen LogP contribution in [0.1, 0.15) is 21.5 Å². The van der Waals surface area contributed by atoms with Crippen molar-refractivity contribution >= 4 is 29.1 Å². The minimum absolute atomic E-state index is 0.0758. The van der Waals surface area contributed by atoms with Crippen molar-refractivity contribution < 1.29 is 9.90 Å². The minimum Gasteiger partial charge on any atom is -0.478 e. The van der Waals surface area contributed by atoms with Gasteiger partial charge in [0, 0.05) is 0 Å². The van der Waals surface area contributed by atoms with Crippen LogP contribution in [0.25, 0.3) is 0 Å². The van der Waals surface area contributed by atoms with Crippen LogP contribution in [0.4, 0.5) is 5.69 Å². The average molecular weight is 241 g/mol. The highest BCUT2D eigenvalue weighted by molar-refractivity contribution is 6.28. The first-order chi connectivity index (χ1) is 7.47. The van der Waals surface area contributed by atoms with Crippen molar-refractivity contribution in [2.45, 2.75) is 13.8 Å². The zero-order valence-corrected chi connectivity index (χ0v) is 9.88. The smallest absolute Gasteiger partial charge is 0.337 e. The third kappa shape index (κ3) is 2.52. The van der Waals surface area contributed by atoms with E-state index in [1.54, 1.807) is 6.07 Å². The van der Waals surface area contributed by atoms with E-state index in [2.05, 4.69) is 4.99 Å². The molecule has 0 unspecified atom stereocenters. The number of carboxylic acids is 1. The van der Waals surface area contributed by atoms with Crippen LogP contribution in [0.3, 0.4) is 0 Å². The predicted octanol–water partition coefficient (Wildman–Crippen LogP) is 2.23. The molecule has 0 saturated carbocycles. The number of carbonyl (C=O) groups is 1. The lowest BCUT2D eigenvalue weighted by molar-refractivity contribution is 0.0698. The number of halogens is 1. The summed E-state index contributed by atoms with van der Waals surface area (Å²) in [7, 11) is 0. The monoisotopic (exact) mass is 240 g/mol. The average Bonchev–Trinajstić information content (AvgIpc) is 2.24. The fraction of sp³-hybridized carbons (Fsp3) is 0.273. The van der Waals surface area contributed by atoms with Crippen molar-refractivity contribution in [1.29, 1.82) is 0 Å². The number of hydrogen-bond donors (Lipinski definition) is 2. The molecule has 0 spiro atoms. The van der Waals surface area contributed by atoms with Crippen LogP contribution in [0.2, 0.25) is 0 Å². The van der Waals surface area contributed by atoms with Crippen molar-refractivity contribution in [3.05, 3.63) is 28.8 Å². The molecule has 1 aromatic rings. The summed E-state index contributed by atoms with van der Waals surface area (Å²) in [6.07, 6.45) is 0. The largest absolute Gasteiger partial charge is 0.478 e. The molecular weight excluding hydrogens is 228 g/mol. The van der Waals surface area contributed by atoms with E-state index in [1.807, 2.05) is 13.8 Å². The second kappa shape index (κ2) is 4.99. The van der Waals surface area contributed by atoms with Gasteiger partial charge in [0.25, 0.3) is 0 Å². The maximum absolute atomic E-state index is 11.0. The van der Waals surface area contributed by atoms with E-state index in [1.165, 1.54) is 6.07 Å². The van der Waals surface area contributed by atoms with Crippen molar-refractivity contribution in [2.75, 3.05) is 5.88 Å². The molecule has 0 heterocycles. The van der Waals surface area contributed by atoms with Crippen LogP contribution in [-0.2, 0) is 0 Å². The molecule has 1 rings (SSSR count). The van der Waals surface area contributed by atoms with Gasteiger partial charge in [-0.3, -0.25) is 0 Å². The number of rotatable bonds is 3. The van der Waals surface area contributed by atoms with Gasteiger partial charge >= 0.3 is 5.97 Å². The topological polar surface area (TPSA) is 75.7 Å². The van der Waals surface area contributed by atoms with Gasteiger partial charge in [0.15, 0.2) is 0 Å². The highest BCUT2D eigenvalue weighted by Gasteiger charge is 2.13. The van der Waals surface area contributed by atoms with Gasteiger partial charge in [-0.2, -0.15) is 0 Å². The van der Waals surface area contributed by atoms with Gasteiger partial charge in [0.05, 0.1) is 17.1 Å². The molecule has 0 aliphatic heterocycles. The van der Waals surface area contributed by atoms with E-state index in [4.69, 9.17) is 22.4 Å².